The lowest BCUT2D eigenvalue weighted by atomic mass is 9.96. The zero-order chi connectivity index (χ0) is 15.8. The summed E-state index contributed by atoms with van der Waals surface area (Å²) in [6.07, 6.45) is 7.55. The Morgan fingerprint density at radius 3 is 2.48 bits per heavy atom. The maximum atomic E-state index is 11.5. The second-order valence-corrected chi connectivity index (χ2v) is 6.06. The van der Waals surface area contributed by atoms with Gasteiger partial charge < -0.3 is 4.55 Å². The molecular formula is C16H20ClO3S-. The number of halogens is 1. The Bertz CT molecular complexity index is 553. The van der Waals surface area contributed by atoms with Gasteiger partial charge in [0.05, 0.1) is 0 Å². The van der Waals surface area contributed by atoms with Crippen LogP contribution in [-0.4, -0.2) is 14.0 Å². The predicted molar refractivity (Wildman–Crippen MR) is 86.4 cm³/mol. The molecule has 0 saturated carbocycles. The molecule has 116 valence electrons. The van der Waals surface area contributed by atoms with Crippen LogP contribution in [0.25, 0.3) is 0 Å². The predicted octanol–water partition coefficient (Wildman–Crippen LogP) is 3.91. The molecule has 0 N–H and O–H groups in total. The molecule has 0 heterocycles. The fourth-order valence-corrected chi connectivity index (χ4v) is 2.86. The minimum atomic E-state index is -2.19. The van der Waals surface area contributed by atoms with Crippen LogP contribution in [0.4, 0.5) is 0 Å². The zero-order valence-electron chi connectivity index (χ0n) is 12.4. The normalized spacial score (nSPS) is 12.8. The minimum absolute atomic E-state index is 0.0991. The Balaban J connectivity index is 3.18. The van der Waals surface area contributed by atoms with Gasteiger partial charge in [-0.2, -0.15) is 0 Å². The molecule has 0 saturated heterocycles. The lowest BCUT2D eigenvalue weighted by Crippen LogP contribution is -2.05. The molecule has 1 aromatic carbocycles. The molecule has 21 heavy (non-hydrogen) atoms. The molecular weight excluding hydrogens is 308 g/mol. The highest BCUT2D eigenvalue weighted by Gasteiger charge is 2.13. The van der Waals surface area contributed by atoms with Crippen LogP contribution in [-0.2, 0) is 29.7 Å². The van der Waals surface area contributed by atoms with E-state index in [0.717, 1.165) is 24.0 Å². The largest absolute Gasteiger partial charge is 0.772 e. The third-order valence-corrected chi connectivity index (χ3v) is 4.00. The fraction of sp³-hybridized carbons (Fsp3) is 0.438. The van der Waals surface area contributed by atoms with Crippen molar-refractivity contribution in [3.8, 4) is 0 Å². The Kier molecular flexibility index (Phi) is 7.86. The molecule has 0 amide bonds. The first-order valence-electron chi connectivity index (χ1n) is 7.04. The van der Waals surface area contributed by atoms with Crippen molar-refractivity contribution in [3.05, 3.63) is 46.5 Å². The van der Waals surface area contributed by atoms with E-state index < -0.39 is 16.3 Å². The third kappa shape index (κ3) is 5.73. The summed E-state index contributed by atoms with van der Waals surface area (Å²) in [5.74, 6) is -0.0991. The van der Waals surface area contributed by atoms with E-state index >= 15 is 0 Å². The van der Waals surface area contributed by atoms with Gasteiger partial charge in [0.1, 0.15) is 0 Å². The van der Waals surface area contributed by atoms with E-state index in [1.807, 2.05) is 19.1 Å². The summed E-state index contributed by atoms with van der Waals surface area (Å²) in [5, 5.41) is -0.544. The van der Waals surface area contributed by atoms with Gasteiger partial charge in [0.25, 0.3) is 5.24 Å². The lowest BCUT2D eigenvalue weighted by molar-refractivity contribution is 0.108. The van der Waals surface area contributed by atoms with Crippen molar-refractivity contribution >= 4 is 27.9 Å². The number of allylic oxidation sites excluding steroid dienone is 2. The first kappa shape index (κ1) is 18.1. The van der Waals surface area contributed by atoms with Gasteiger partial charge >= 0.3 is 0 Å². The number of hydrogen-bond donors (Lipinski definition) is 0. The monoisotopic (exact) mass is 327 g/mol. The summed E-state index contributed by atoms with van der Waals surface area (Å²) in [6.45, 7) is 4.05. The van der Waals surface area contributed by atoms with Crippen LogP contribution in [0, 0.1) is 0 Å². The SMILES string of the molecule is CCCC=CCc1cc(CC)c(C(=O)Cl)cc1CS(=O)[O-]. The summed E-state index contributed by atoms with van der Waals surface area (Å²) in [4.78, 5) is 11.5. The summed E-state index contributed by atoms with van der Waals surface area (Å²) in [5.41, 5.74) is 2.84. The Morgan fingerprint density at radius 1 is 1.24 bits per heavy atom. The van der Waals surface area contributed by atoms with Gasteiger partial charge in [0, 0.05) is 11.3 Å². The highest BCUT2D eigenvalue weighted by Crippen LogP contribution is 2.22. The van der Waals surface area contributed by atoms with Crippen molar-refractivity contribution in [1.82, 2.24) is 0 Å². The first-order valence-corrected chi connectivity index (χ1v) is 8.67. The van der Waals surface area contributed by atoms with Gasteiger partial charge in [-0.15, -0.1) is 0 Å². The van der Waals surface area contributed by atoms with Gasteiger partial charge in [0.15, 0.2) is 0 Å². The highest BCUT2D eigenvalue weighted by molar-refractivity contribution is 7.78. The second-order valence-electron chi connectivity index (χ2n) is 4.82. The van der Waals surface area contributed by atoms with Gasteiger partial charge in [-0.3, -0.25) is 9.00 Å². The number of rotatable bonds is 8. The second kappa shape index (κ2) is 9.13. The van der Waals surface area contributed by atoms with Crippen molar-refractivity contribution in [2.24, 2.45) is 0 Å². The summed E-state index contributed by atoms with van der Waals surface area (Å²) in [7, 11) is 0. The molecule has 3 nitrogen and oxygen atoms in total. The van der Waals surface area contributed by atoms with Crippen LogP contribution in [0.2, 0.25) is 0 Å². The topological polar surface area (TPSA) is 57.2 Å². The van der Waals surface area contributed by atoms with Crippen LogP contribution in [0.3, 0.4) is 0 Å². The number of carbonyl (C=O) groups is 1. The molecule has 0 aliphatic carbocycles. The molecule has 0 aliphatic heterocycles. The minimum Gasteiger partial charge on any atom is -0.772 e. The smallest absolute Gasteiger partial charge is 0.252 e. The van der Waals surface area contributed by atoms with Crippen LogP contribution < -0.4 is 0 Å². The number of carbonyl (C=O) groups excluding carboxylic acids is 1. The number of benzene rings is 1. The summed E-state index contributed by atoms with van der Waals surface area (Å²) in [6, 6.07) is 3.51. The molecule has 1 rings (SSSR count). The quantitative estimate of drug-likeness (QED) is 0.413. The lowest BCUT2D eigenvalue weighted by Gasteiger charge is -2.14. The summed E-state index contributed by atoms with van der Waals surface area (Å²) >= 11 is 3.39. The van der Waals surface area contributed by atoms with Gasteiger partial charge in [-0.25, -0.2) is 0 Å². The standard InChI is InChI=1S/C16H21ClO3S/c1-3-5-6-7-8-13-9-12(4-2)15(16(17)18)10-14(13)11-21(19)20/h6-7,9-10H,3-5,8,11H2,1-2H3,(H,19,20)/p-1. The molecule has 1 unspecified atom stereocenters. The molecule has 0 radical (unpaired) electrons. The molecule has 1 atom stereocenters. The molecule has 1 aromatic rings. The third-order valence-electron chi connectivity index (χ3n) is 3.25. The Hall–Kier alpha value is -0.970. The zero-order valence-corrected chi connectivity index (χ0v) is 13.9. The van der Waals surface area contributed by atoms with Crippen molar-refractivity contribution in [2.75, 3.05) is 0 Å². The number of unbranched alkanes of at least 4 members (excludes halogenated alkanes) is 1. The number of hydrogen-bond acceptors (Lipinski definition) is 3. The molecule has 0 fully saturated rings. The maximum Gasteiger partial charge on any atom is 0.252 e. The molecule has 0 spiro atoms. The van der Waals surface area contributed by atoms with Crippen LogP contribution in [0.5, 0.6) is 0 Å². The van der Waals surface area contributed by atoms with E-state index in [1.54, 1.807) is 6.07 Å². The fourth-order valence-electron chi connectivity index (χ4n) is 2.16. The average molecular weight is 328 g/mol. The Morgan fingerprint density at radius 2 is 1.95 bits per heavy atom. The number of aryl methyl sites for hydroxylation is 1. The van der Waals surface area contributed by atoms with Crippen LogP contribution >= 0.6 is 11.6 Å². The molecule has 0 aromatic heterocycles. The summed E-state index contributed by atoms with van der Waals surface area (Å²) < 4.78 is 22.0. The van der Waals surface area contributed by atoms with Crippen LogP contribution in [0.1, 0.15) is 53.7 Å². The molecule has 5 heteroatoms. The van der Waals surface area contributed by atoms with E-state index in [-0.39, 0.29) is 5.75 Å². The maximum absolute atomic E-state index is 11.5. The van der Waals surface area contributed by atoms with Gasteiger partial charge in [-0.05, 0) is 53.6 Å². The highest BCUT2D eigenvalue weighted by atomic mass is 35.5. The van der Waals surface area contributed by atoms with E-state index in [4.69, 9.17) is 11.6 Å². The van der Waals surface area contributed by atoms with Gasteiger partial charge in [0.2, 0.25) is 0 Å². The van der Waals surface area contributed by atoms with E-state index in [2.05, 4.69) is 13.0 Å². The van der Waals surface area contributed by atoms with E-state index in [9.17, 15) is 13.6 Å². The van der Waals surface area contributed by atoms with Gasteiger partial charge in [-0.1, -0.05) is 49.6 Å². The average Bonchev–Trinajstić information content (AvgIpc) is 2.43. The first-order chi connectivity index (χ1) is 9.99. The van der Waals surface area contributed by atoms with Crippen molar-refractivity contribution < 1.29 is 13.6 Å². The van der Waals surface area contributed by atoms with Crippen LogP contribution in [0.15, 0.2) is 24.3 Å². The Labute approximate surface area is 133 Å². The van der Waals surface area contributed by atoms with Crippen molar-refractivity contribution in [3.63, 3.8) is 0 Å². The van der Waals surface area contributed by atoms with Crippen molar-refractivity contribution in [1.29, 1.82) is 0 Å². The van der Waals surface area contributed by atoms with Crippen molar-refractivity contribution in [2.45, 2.75) is 45.3 Å². The van der Waals surface area contributed by atoms with E-state index in [0.29, 0.717) is 24.0 Å². The van der Waals surface area contributed by atoms with E-state index in [1.165, 1.54) is 0 Å². The molecule has 0 aliphatic rings. The molecule has 0 bridgehead atoms.